The fraction of sp³-hybridized carbons (Fsp3) is 0.250. The van der Waals surface area contributed by atoms with Crippen LogP contribution < -0.4 is 0 Å². The molecule has 5 heteroatoms. The van der Waals surface area contributed by atoms with Gasteiger partial charge in [0.25, 0.3) is 0 Å². The maximum absolute atomic E-state index is 11.5. The van der Waals surface area contributed by atoms with Crippen LogP contribution in [0.2, 0.25) is 0 Å². The van der Waals surface area contributed by atoms with E-state index < -0.39 is 0 Å². The van der Waals surface area contributed by atoms with Gasteiger partial charge in [-0.15, -0.1) is 0 Å². The van der Waals surface area contributed by atoms with Crippen molar-refractivity contribution in [3.05, 3.63) is 47.8 Å². The van der Waals surface area contributed by atoms with Crippen LogP contribution in [-0.2, 0) is 11.3 Å². The van der Waals surface area contributed by atoms with Crippen LogP contribution in [0.4, 0.5) is 0 Å². The lowest BCUT2D eigenvalue weighted by Crippen LogP contribution is -2.12. The number of carbonyl (C=O) groups excluding carboxylic acids is 1. The topological polar surface area (TPSA) is 57.0 Å². The molecule has 0 unspecified atom stereocenters. The summed E-state index contributed by atoms with van der Waals surface area (Å²) in [5.74, 6) is 0.405. The van der Waals surface area contributed by atoms with Crippen LogP contribution >= 0.6 is 0 Å². The molecule has 0 atom stereocenters. The summed E-state index contributed by atoms with van der Waals surface area (Å²) < 4.78 is 6.54. The van der Waals surface area contributed by atoms with Crippen molar-refractivity contribution in [1.82, 2.24) is 14.5 Å². The zero-order valence-corrected chi connectivity index (χ0v) is 9.75. The number of aryl methyl sites for hydroxylation is 1. The zero-order valence-electron chi connectivity index (χ0n) is 9.75. The van der Waals surface area contributed by atoms with Crippen molar-refractivity contribution in [3.63, 3.8) is 0 Å². The molecule has 17 heavy (non-hydrogen) atoms. The largest absolute Gasteiger partial charge is 0.464 e. The van der Waals surface area contributed by atoms with Crippen molar-refractivity contribution >= 4 is 5.97 Å². The van der Waals surface area contributed by atoms with Crippen molar-refractivity contribution in [2.75, 3.05) is 7.11 Å². The molecule has 0 aliphatic carbocycles. The Hall–Kier alpha value is -2.17. The first-order valence-corrected chi connectivity index (χ1v) is 5.21. The van der Waals surface area contributed by atoms with Crippen molar-refractivity contribution in [3.8, 4) is 0 Å². The Bertz CT molecular complexity index is 520. The third-order valence-electron chi connectivity index (χ3n) is 2.54. The molecule has 0 aliphatic heterocycles. The Balaban J connectivity index is 2.32. The number of rotatable bonds is 3. The van der Waals surface area contributed by atoms with E-state index >= 15 is 0 Å². The molecule has 5 nitrogen and oxygen atoms in total. The van der Waals surface area contributed by atoms with E-state index in [0.29, 0.717) is 12.2 Å². The van der Waals surface area contributed by atoms with Crippen molar-refractivity contribution in [2.24, 2.45) is 0 Å². The summed E-state index contributed by atoms with van der Waals surface area (Å²) in [4.78, 5) is 19.6. The molecule has 2 heterocycles. The van der Waals surface area contributed by atoms with Gasteiger partial charge in [-0.25, -0.2) is 9.78 Å². The molecule has 0 N–H and O–H groups in total. The summed E-state index contributed by atoms with van der Waals surface area (Å²) in [5, 5.41) is 0. The van der Waals surface area contributed by atoms with Gasteiger partial charge in [0.05, 0.1) is 13.3 Å². The van der Waals surface area contributed by atoms with Gasteiger partial charge in [-0.2, -0.15) is 0 Å². The minimum absolute atomic E-state index is 0.375. The summed E-state index contributed by atoms with van der Waals surface area (Å²) in [7, 11) is 1.36. The SMILES string of the molecule is COC(=O)c1cnc(C)n1Cc1ccncc1. The zero-order chi connectivity index (χ0) is 12.3. The number of aromatic nitrogens is 3. The van der Waals surface area contributed by atoms with Crippen LogP contribution in [0.15, 0.2) is 30.7 Å². The van der Waals surface area contributed by atoms with Crippen LogP contribution in [-0.4, -0.2) is 27.6 Å². The van der Waals surface area contributed by atoms with E-state index in [4.69, 9.17) is 4.74 Å². The van der Waals surface area contributed by atoms with Gasteiger partial charge in [-0.3, -0.25) is 4.98 Å². The van der Waals surface area contributed by atoms with Gasteiger partial charge < -0.3 is 9.30 Å². The lowest BCUT2D eigenvalue weighted by molar-refractivity contribution is 0.0588. The van der Waals surface area contributed by atoms with Crippen molar-refractivity contribution in [2.45, 2.75) is 13.5 Å². The second kappa shape index (κ2) is 4.78. The number of methoxy groups -OCH3 is 1. The molecule has 0 saturated heterocycles. The second-order valence-electron chi connectivity index (χ2n) is 3.62. The Morgan fingerprint density at radius 2 is 2.12 bits per heavy atom. The van der Waals surface area contributed by atoms with Gasteiger partial charge in [0.15, 0.2) is 0 Å². The van der Waals surface area contributed by atoms with E-state index in [-0.39, 0.29) is 5.97 Å². The molecule has 88 valence electrons. The average Bonchev–Trinajstić information content (AvgIpc) is 2.72. The number of hydrogen-bond acceptors (Lipinski definition) is 4. The van der Waals surface area contributed by atoms with Crippen molar-refractivity contribution in [1.29, 1.82) is 0 Å². The predicted octanol–water partition coefficient (Wildman–Crippen LogP) is 1.42. The molecule has 0 fully saturated rings. The van der Waals surface area contributed by atoms with Crippen molar-refractivity contribution < 1.29 is 9.53 Å². The highest BCUT2D eigenvalue weighted by molar-refractivity contribution is 5.87. The molecule has 2 aromatic heterocycles. The van der Waals surface area contributed by atoms with Crippen LogP contribution in [0.3, 0.4) is 0 Å². The summed E-state index contributed by atoms with van der Waals surface area (Å²) >= 11 is 0. The number of nitrogens with zero attached hydrogens (tertiary/aromatic N) is 3. The molecule has 0 bridgehead atoms. The molecule has 2 aromatic rings. The molecule has 0 radical (unpaired) electrons. The van der Waals surface area contributed by atoms with Crippen LogP contribution in [0.5, 0.6) is 0 Å². The maximum atomic E-state index is 11.5. The molecule has 0 aliphatic rings. The van der Waals surface area contributed by atoms with E-state index in [1.54, 1.807) is 12.4 Å². The fourth-order valence-corrected chi connectivity index (χ4v) is 1.61. The molecule has 2 rings (SSSR count). The second-order valence-corrected chi connectivity index (χ2v) is 3.62. The van der Waals surface area contributed by atoms with E-state index in [1.807, 2.05) is 23.6 Å². The smallest absolute Gasteiger partial charge is 0.356 e. The number of pyridine rings is 1. The monoisotopic (exact) mass is 231 g/mol. The van der Waals surface area contributed by atoms with Gasteiger partial charge in [0, 0.05) is 18.9 Å². The molecular weight excluding hydrogens is 218 g/mol. The lowest BCUT2D eigenvalue weighted by Gasteiger charge is -2.08. The Kier molecular flexibility index (Phi) is 3.18. The Morgan fingerprint density at radius 1 is 1.41 bits per heavy atom. The quantitative estimate of drug-likeness (QED) is 0.750. The van der Waals surface area contributed by atoms with E-state index in [2.05, 4.69) is 9.97 Å². The minimum Gasteiger partial charge on any atom is -0.464 e. The summed E-state index contributed by atoms with van der Waals surface area (Å²) in [6.07, 6.45) is 4.97. The predicted molar refractivity (Wildman–Crippen MR) is 61.6 cm³/mol. The summed E-state index contributed by atoms with van der Waals surface area (Å²) in [5.41, 5.74) is 1.52. The number of carbonyl (C=O) groups is 1. The third-order valence-corrected chi connectivity index (χ3v) is 2.54. The first-order valence-electron chi connectivity index (χ1n) is 5.21. The van der Waals surface area contributed by atoms with Gasteiger partial charge >= 0.3 is 5.97 Å². The highest BCUT2D eigenvalue weighted by Gasteiger charge is 2.14. The highest BCUT2D eigenvalue weighted by Crippen LogP contribution is 2.10. The van der Waals surface area contributed by atoms with Crippen LogP contribution in [0, 0.1) is 6.92 Å². The summed E-state index contributed by atoms with van der Waals surface area (Å²) in [6, 6.07) is 3.81. The fourth-order valence-electron chi connectivity index (χ4n) is 1.61. The molecular formula is C12H13N3O2. The third kappa shape index (κ3) is 2.33. The highest BCUT2D eigenvalue weighted by atomic mass is 16.5. The van der Waals surface area contributed by atoms with Gasteiger partial charge in [-0.05, 0) is 24.6 Å². The lowest BCUT2D eigenvalue weighted by atomic mass is 10.2. The van der Waals surface area contributed by atoms with E-state index in [0.717, 1.165) is 11.4 Å². The number of imidazole rings is 1. The minimum atomic E-state index is -0.375. The Morgan fingerprint density at radius 3 is 2.76 bits per heavy atom. The van der Waals surface area contributed by atoms with Gasteiger partial charge in [0.2, 0.25) is 0 Å². The standard InChI is InChI=1S/C12H13N3O2/c1-9-14-7-11(12(16)17-2)15(9)8-10-3-5-13-6-4-10/h3-7H,8H2,1-2H3. The first-order chi connectivity index (χ1) is 8.22. The number of esters is 1. The Labute approximate surface area is 99.1 Å². The van der Waals surface area contributed by atoms with E-state index in [9.17, 15) is 4.79 Å². The van der Waals surface area contributed by atoms with Crippen LogP contribution in [0.1, 0.15) is 21.9 Å². The number of hydrogen-bond donors (Lipinski definition) is 0. The summed E-state index contributed by atoms with van der Waals surface area (Å²) in [6.45, 7) is 2.44. The first kappa shape index (κ1) is 11.3. The molecule has 0 spiro atoms. The molecule has 0 saturated carbocycles. The average molecular weight is 231 g/mol. The van der Waals surface area contributed by atoms with Gasteiger partial charge in [-0.1, -0.05) is 0 Å². The molecule has 0 aromatic carbocycles. The maximum Gasteiger partial charge on any atom is 0.356 e. The van der Waals surface area contributed by atoms with Crippen LogP contribution in [0.25, 0.3) is 0 Å². The number of ether oxygens (including phenoxy) is 1. The van der Waals surface area contributed by atoms with E-state index in [1.165, 1.54) is 13.3 Å². The molecule has 0 amide bonds. The normalized spacial score (nSPS) is 10.2. The van der Waals surface area contributed by atoms with Gasteiger partial charge in [0.1, 0.15) is 11.5 Å².